The Labute approximate surface area is 212 Å². The zero-order chi connectivity index (χ0) is 22.9. The maximum atomic E-state index is 12.1. The molecule has 0 radical (unpaired) electrons. The van der Waals surface area contributed by atoms with Gasteiger partial charge in [0.2, 0.25) is 0 Å². The number of benzene rings is 1. The van der Waals surface area contributed by atoms with Gasteiger partial charge in [-0.2, -0.15) is 0 Å². The van der Waals surface area contributed by atoms with E-state index in [1.54, 1.807) is 27.3 Å². The van der Waals surface area contributed by atoms with Crippen molar-refractivity contribution in [3.8, 4) is 11.5 Å². The lowest BCUT2D eigenvalue weighted by molar-refractivity contribution is 0.0925. The summed E-state index contributed by atoms with van der Waals surface area (Å²) in [5, 5.41) is 9.67. The number of amides is 1. The summed E-state index contributed by atoms with van der Waals surface area (Å²) in [5.41, 5.74) is 1.92. The number of ether oxygens (including phenoxy) is 2. The number of carbonyl (C=O) groups is 1. The van der Waals surface area contributed by atoms with Crippen LogP contribution in [-0.4, -0.2) is 65.4 Å². The van der Waals surface area contributed by atoms with Crippen molar-refractivity contribution in [1.29, 1.82) is 0 Å². The van der Waals surface area contributed by atoms with E-state index in [4.69, 9.17) is 13.9 Å². The van der Waals surface area contributed by atoms with Crippen LogP contribution < -0.4 is 30.3 Å². The Morgan fingerprint density at radius 1 is 1.18 bits per heavy atom. The molecule has 182 valence electrons. The smallest absolute Gasteiger partial charge is 0.287 e. The van der Waals surface area contributed by atoms with Crippen molar-refractivity contribution in [3.05, 3.63) is 41.9 Å². The van der Waals surface area contributed by atoms with E-state index in [0.29, 0.717) is 18.8 Å². The van der Waals surface area contributed by atoms with Crippen molar-refractivity contribution >= 4 is 41.5 Å². The quantitative estimate of drug-likeness (QED) is 0.184. The van der Waals surface area contributed by atoms with Crippen molar-refractivity contribution in [2.24, 2.45) is 4.99 Å². The fourth-order valence-corrected chi connectivity index (χ4v) is 3.66. The molecule has 3 N–H and O–H groups in total. The first-order valence-corrected chi connectivity index (χ1v) is 10.8. The summed E-state index contributed by atoms with van der Waals surface area (Å²) < 4.78 is 16.0. The van der Waals surface area contributed by atoms with Gasteiger partial charge in [0.1, 0.15) is 11.5 Å². The predicted octanol–water partition coefficient (Wildman–Crippen LogP) is 2.79. The second-order valence-electron chi connectivity index (χ2n) is 7.69. The number of guanidine groups is 1. The zero-order valence-electron chi connectivity index (χ0n) is 19.6. The van der Waals surface area contributed by atoms with Gasteiger partial charge in [0.25, 0.3) is 5.91 Å². The lowest BCUT2D eigenvalue weighted by Crippen LogP contribution is -2.45. The zero-order valence-corrected chi connectivity index (χ0v) is 22.0. The molecule has 1 saturated heterocycles. The minimum absolute atomic E-state index is 0. The van der Waals surface area contributed by atoms with E-state index in [9.17, 15) is 4.79 Å². The summed E-state index contributed by atoms with van der Waals surface area (Å²) >= 11 is 0. The Hall–Kier alpha value is -2.63. The molecular weight excluding hydrogens is 537 g/mol. The number of methoxy groups -OCH3 is 2. The first-order chi connectivity index (χ1) is 15.5. The van der Waals surface area contributed by atoms with Crippen molar-refractivity contribution in [2.75, 3.05) is 52.3 Å². The van der Waals surface area contributed by atoms with E-state index in [2.05, 4.69) is 25.8 Å². The van der Waals surface area contributed by atoms with Crippen molar-refractivity contribution in [3.63, 3.8) is 0 Å². The molecule has 1 aliphatic rings. The van der Waals surface area contributed by atoms with Gasteiger partial charge in [-0.1, -0.05) is 0 Å². The van der Waals surface area contributed by atoms with Gasteiger partial charge in [0.05, 0.1) is 20.5 Å². The van der Waals surface area contributed by atoms with E-state index in [1.165, 1.54) is 6.26 Å². The van der Waals surface area contributed by atoms with E-state index in [-0.39, 0.29) is 35.9 Å². The van der Waals surface area contributed by atoms with Crippen molar-refractivity contribution < 1.29 is 18.7 Å². The SMILES string of the molecule is CN=C(NCCCNC(=O)c1occc1C)NC1CCN(c2cc(OC)cc(OC)c2)C1.I. The Kier molecular flexibility index (Phi) is 10.6. The molecule has 9 nitrogen and oxygen atoms in total. The van der Waals surface area contributed by atoms with Crippen molar-refractivity contribution in [1.82, 2.24) is 16.0 Å². The van der Waals surface area contributed by atoms with Gasteiger partial charge in [-0.05, 0) is 25.8 Å². The van der Waals surface area contributed by atoms with Gasteiger partial charge in [-0.3, -0.25) is 9.79 Å². The summed E-state index contributed by atoms with van der Waals surface area (Å²) in [6, 6.07) is 7.98. The third-order valence-corrected chi connectivity index (χ3v) is 5.45. The molecule has 1 fully saturated rings. The predicted molar refractivity (Wildman–Crippen MR) is 140 cm³/mol. The molecule has 2 heterocycles. The fraction of sp³-hybridized carbons (Fsp3) is 0.478. The standard InChI is InChI=1S/C23H33N5O4.HI/c1-16-7-11-32-21(16)22(29)25-8-5-9-26-23(24-2)27-17-6-10-28(15-17)18-12-19(30-3)14-20(13-18)31-4;/h7,11-14,17H,5-6,8-10,15H2,1-4H3,(H,25,29)(H2,24,26,27);1H. The molecule has 33 heavy (non-hydrogen) atoms. The van der Waals surface area contributed by atoms with Gasteiger partial charge < -0.3 is 34.7 Å². The molecule has 1 atom stereocenters. The molecule has 3 rings (SSSR count). The number of nitrogens with one attached hydrogen (secondary N) is 3. The van der Waals surface area contributed by atoms with E-state index < -0.39 is 0 Å². The summed E-state index contributed by atoms with van der Waals surface area (Å²) in [7, 11) is 5.08. The Morgan fingerprint density at radius 3 is 2.48 bits per heavy atom. The van der Waals surface area contributed by atoms with Gasteiger partial charge in [0, 0.05) is 68.7 Å². The highest BCUT2D eigenvalue weighted by atomic mass is 127. The summed E-state index contributed by atoms with van der Waals surface area (Å²) in [4.78, 5) is 18.7. The normalized spacial score (nSPS) is 15.6. The molecule has 1 unspecified atom stereocenters. The van der Waals surface area contributed by atoms with Gasteiger partial charge >= 0.3 is 0 Å². The number of halogens is 1. The number of furan rings is 1. The number of hydrogen-bond donors (Lipinski definition) is 3. The molecule has 0 aliphatic carbocycles. The number of rotatable bonds is 9. The number of nitrogens with zero attached hydrogens (tertiary/aromatic N) is 2. The first kappa shape index (κ1) is 26.6. The van der Waals surface area contributed by atoms with Crippen LogP contribution in [0.3, 0.4) is 0 Å². The fourth-order valence-electron chi connectivity index (χ4n) is 3.66. The van der Waals surface area contributed by atoms with Gasteiger partial charge in [-0.25, -0.2) is 0 Å². The minimum atomic E-state index is -0.185. The highest BCUT2D eigenvalue weighted by Gasteiger charge is 2.24. The van der Waals surface area contributed by atoms with Gasteiger partial charge in [-0.15, -0.1) is 24.0 Å². The average Bonchev–Trinajstić information content (AvgIpc) is 3.46. The van der Waals surface area contributed by atoms with Crippen LogP contribution in [0.4, 0.5) is 5.69 Å². The topological polar surface area (TPSA) is 100 Å². The highest BCUT2D eigenvalue weighted by Crippen LogP contribution is 2.30. The second-order valence-corrected chi connectivity index (χ2v) is 7.69. The molecule has 1 aliphatic heterocycles. The second kappa shape index (κ2) is 13.2. The third kappa shape index (κ3) is 7.44. The first-order valence-electron chi connectivity index (χ1n) is 10.8. The Balaban J connectivity index is 0.00000385. The molecule has 0 bridgehead atoms. The summed E-state index contributed by atoms with van der Waals surface area (Å²) in [6.45, 7) is 4.89. The van der Waals surface area contributed by atoms with E-state index in [1.807, 2.05) is 25.1 Å². The number of carbonyl (C=O) groups excluding carboxylic acids is 1. The largest absolute Gasteiger partial charge is 0.497 e. The third-order valence-electron chi connectivity index (χ3n) is 5.45. The highest BCUT2D eigenvalue weighted by molar-refractivity contribution is 14.0. The summed E-state index contributed by atoms with van der Waals surface area (Å²) in [5.74, 6) is 2.50. The molecule has 0 saturated carbocycles. The van der Waals surface area contributed by atoms with Crippen LogP contribution >= 0.6 is 24.0 Å². The lowest BCUT2D eigenvalue weighted by atomic mass is 10.2. The van der Waals surface area contributed by atoms with Crippen LogP contribution in [0.1, 0.15) is 29.0 Å². The van der Waals surface area contributed by atoms with Crippen LogP contribution in [0, 0.1) is 6.92 Å². The monoisotopic (exact) mass is 571 g/mol. The van der Waals surface area contributed by atoms with E-state index in [0.717, 1.165) is 54.6 Å². The number of aryl methyl sites for hydroxylation is 1. The van der Waals surface area contributed by atoms with Crippen LogP contribution in [0.15, 0.2) is 39.9 Å². The molecule has 1 amide bonds. The molecule has 1 aromatic heterocycles. The van der Waals surface area contributed by atoms with Crippen LogP contribution in [0.5, 0.6) is 11.5 Å². The minimum Gasteiger partial charge on any atom is -0.497 e. The summed E-state index contributed by atoms with van der Waals surface area (Å²) in [6.07, 6.45) is 3.29. The molecule has 10 heteroatoms. The van der Waals surface area contributed by atoms with Crippen LogP contribution in [-0.2, 0) is 0 Å². The van der Waals surface area contributed by atoms with Gasteiger partial charge in [0.15, 0.2) is 11.7 Å². The Morgan fingerprint density at radius 2 is 1.88 bits per heavy atom. The number of aliphatic imine (C=N–C) groups is 1. The molecule has 2 aromatic rings. The maximum absolute atomic E-state index is 12.1. The molecular formula is C23H34IN5O4. The Bertz CT molecular complexity index is 911. The lowest BCUT2D eigenvalue weighted by Gasteiger charge is -2.21. The van der Waals surface area contributed by atoms with E-state index >= 15 is 0 Å². The maximum Gasteiger partial charge on any atom is 0.287 e. The van der Waals surface area contributed by atoms with Crippen LogP contribution in [0.2, 0.25) is 0 Å². The van der Waals surface area contributed by atoms with Crippen LogP contribution in [0.25, 0.3) is 0 Å². The number of anilines is 1. The molecule has 1 aromatic carbocycles. The number of hydrogen-bond acceptors (Lipinski definition) is 6. The average molecular weight is 571 g/mol. The van der Waals surface area contributed by atoms with Crippen molar-refractivity contribution in [2.45, 2.75) is 25.8 Å². The molecule has 0 spiro atoms.